The zero-order valence-electron chi connectivity index (χ0n) is 17.3. The van der Waals surface area contributed by atoms with Gasteiger partial charge in [0.25, 0.3) is 11.6 Å². The summed E-state index contributed by atoms with van der Waals surface area (Å²) in [6.45, 7) is 0. The summed E-state index contributed by atoms with van der Waals surface area (Å²) in [7, 11) is 1.85. The highest BCUT2D eigenvalue weighted by Gasteiger charge is 2.23. The Bertz CT molecular complexity index is 1240. The lowest BCUT2D eigenvalue weighted by Gasteiger charge is -2.19. The Hall–Kier alpha value is -4.46. The van der Waals surface area contributed by atoms with Crippen LogP contribution < -0.4 is 10.6 Å². The minimum Gasteiger partial charge on any atom is -0.350 e. The zero-order chi connectivity index (χ0) is 22.5. The van der Waals surface area contributed by atoms with E-state index in [4.69, 9.17) is 0 Å². The van der Waals surface area contributed by atoms with Crippen molar-refractivity contribution in [3.8, 4) is 0 Å². The highest BCUT2D eigenvalue weighted by atomic mass is 16.6. The summed E-state index contributed by atoms with van der Waals surface area (Å²) in [5.74, 6) is 0.220. The molecule has 32 heavy (non-hydrogen) atoms. The Kier molecular flexibility index (Phi) is 5.94. The first-order valence-electron chi connectivity index (χ1n) is 9.96. The largest absolute Gasteiger partial charge is 0.350 e. The fourth-order valence-corrected chi connectivity index (χ4v) is 3.42. The van der Waals surface area contributed by atoms with Crippen molar-refractivity contribution in [2.45, 2.75) is 6.04 Å². The Morgan fingerprint density at radius 3 is 2.34 bits per heavy atom. The molecule has 0 unspecified atom stereocenters. The van der Waals surface area contributed by atoms with Crippen LogP contribution in [0, 0.1) is 10.1 Å². The van der Waals surface area contributed by atoms with Gasteiger partial charge in [-0.2, -0.15) is 0 Å². The summed E-state index contributed by atoms with van der Waals surface area (Å²) in [5, 5.41) is 17.7. The molecule has 160 valence electrons. The molecule has 3 aromatic carbocycles. The molecular weight excluding hydrogens is 406 g/mol. The maximum atomic E-state index is 13.1. The number of hydrogen-bond donors (Lipinski definition) is 2. The van der Waals surface area contributed by atoms with Crippen molar-refractivity contribution in [2.75, 3.05) is 5.32 Å². The molecule has 4 aromatic rings. The molecule has 2 N–H and O–H groups in total. The second-order valence-corrected chi connectivity index (χ2v) is 7.19. The molecule has 8 nitrogen and oxygen atoms in total. The normalized spacial score (nSPS) is 11.5. The summed E-state index contributed by atoms with van der Waals surface area (Å²) in [5.41, 5.74) is 1.88. The van der Waals surface area contributed by atoms with E-state index in [1.54, 1.807) is 24.5 Å². The van der Waals surface area contributed by atoms with Gasteiger partial charge in [-0.05, 0) is 29.8 Å². The lowest BCUT2D eigenvalue weighted by atomic mass is 10.0. The van der Waals surface area contributed by atoms with Gasteiger partial charge in [0, 0.05) is 36.8 Å². The Morgan fingerprint density at radius 1 is 1.03 bits per heavy atom. The van der Waals surface area contributed by atoms with Crippen LogP contribution in [0.5, 0.6) is 0 Å². The van der Waals surface area contributed by atoms with Crippen LogP contribution in [0.3, 0.4) is 0 Å². The number of nitrogens with one attached hydrogen (secondary N) is 2. The lowest BCUT2D eigenvalue weighted by Crippen LogP contribution is -2.31. The number of amides is 1. The number of hydrogen-bond acceptors (Lipinski definition) is 5. The van der Waals surface area contributed by atoms with Gasteiger partial charge in [0.2, 0.25) is 0 Å². The highest BCUT2D eigenvalue weighted by molar-refractivity contribution is 5.96. The predicted octanol–water partition coefficient (Wildman–Crippen LogP) is 4.59. The molecular formula is C24H21N5O3. The first-order chi connectivity index (χ1) is 15.5. The molecule has 0 saturated carbocycles. The molecule has 0 radical (unpaired) electrons. The van der Waals surface area contributed by atoms with Gasteiger partial charge in [0.1, 0.15) is 17.6 Å². The van der Waals surface area contributed by atoms with E-state index in [1.807, 2.05) is 72.3 Å². The van der Waals surface area contributed by atoms with Crippen LogP contribution >= 0.6 is 0 Å². The summed E-state index contributed by atoms with van der Waals surface area (Å²) in [6, 6.07) is 22.5. The van der Waals surface area contributed by atoms with Crippen molar-refractivity contribution >= 4 is 23.0 Å². The van der Waals surface area contributed by atoms with Gasteiger partial charge in [-0.25, -0.2) is 4.98 Å². The fraction of sp³-hybridized carbons (Fsp3) is 0.0833. The minimum absolute atomic E-state index is 0.185. The number of benzene rings is 3. The van der Waals surface area contributed by atoms with Crippen LogP contribution in [-0.4, -0.2) is 20.4 Å². The second kappa shape index (κ2) is 9.13. The number of carbonyl (C=O) groups excluding carboxylic acids is 1. The van der Waals surface area contributed by atoms with Crippen LogP contribution in [0.25, 0.3) is 0 Å². The highest BCUT2D eigenvalue weighted by Crippen LogP contribution is 2.29. The van der Waals surface area contributed by atoms with Crippen molar-refractivity contribution in [2.24, 2.45) is 7.05 Å². The summed E-state index contributed by atoms with van der Waals surface area (Å²) < 4.78 is 1.83. The van der Waals surface area contributed by atoms with E-state index in [2.05, 4.69) is 15.6 Å². The quantitative estimate of drug-likeness (QED) is 0.332. The van der Waals surface area contributed by atoms with E-state index in [0.29, 0.717) is 17.2 Å². The van der Waals surface area contributed by atoms with Gasteiger partial charge in [0.15, 0.2) is 0 Å². The standard InChI is InChI=1S/C24H21N5O3/c1-28-15-14-25-23(28)22(17-8-4-2-5-9-17)27-24(30)18-12-13-20(21(16-18)29(31)32)26-19-10-6-3-7-11-19/h2-16,22,26H,1H3,(H,27,30)/t22-/m1/s1. The molecule has 4 rings (SSSR count). The van der Waals surface area contributed by atoms with Gasteiger partial charge < -0.3 is 15.2 Å². The van der Waals surface area contributed by atoms with Crippen LogP contribution in [-0.2, 0) is 7.05 Å². The molecule has 0 saturated heterocycles. The third kappa shape index (κ3) is 4.49. The number of rotatable bonds is 7. The topological polar surface area (TPSA) is 102 Å². The average Bonchev–Trinajstić information content (AvgIpc) is 3.24. The Morgan fingerprint density at radius 2 is 1.72 bits per heavy atom. The molecule has 0 aliphatic carbocycles. The summed E-state index contributed by atoms with van der Waals surface area (Å²) in [6.07, 6.45) is 3.46. The van der Waals surface area contributed by atoms with Gasteiger partial charge in [-0.3, -0.25) is 14.9 Å². The molecule has 0 bridgehead atoms. The third-order valence-corrected chi connectivity index (χ3v) is 5.03. The van der Waals surface area contributed by atoms with E-state index in [-0.39, 0.29) is 11.3 Å². The van der Waals surface area contributed by atoms with E-state index in [9.17, 15) is 14.9 Å². The number of imidazole rings is 1. The second-order valence-electron chi connectivity index (χ2n) is 7.19. The number of nitro benzene ring substituents is 1. The number of aryl methyl sites for hydroxylation is 1. The van der Waals surface area contributed by atoms with E-state index >= 15 is 0 Å². The van der Waals surface area contributed by atoms with Crippen molar-refractivity contribution in [3.63, 3.8) is 0 Å². The molecule has 0 aliphatic rings. The Labute approximate surface area is 184 Å². The van der Waals surface area contributed by atoms with E-state index < -0.39 is 16.9 Å². The lowest BCUT2D eigenvalue weighted by molar-refractivity contribution is -0.383. The van der Waals surface area contributed by atoms with Crippen LogP contribution in [0.4, 0.5) is 17.1 Å². The zero-order valence-corrected chi connectivity index (χ0v) is 17.3. The minimum atomic E-state index is -0.509. The third-order valence-electron chi connectivity index (χ3n) is 5.03. The fourth-order valence-electron chi connectivity index (χ4n) is 3.42. The maximum Gasteiger partial charge on any atom is 0.293 e. The van der Waals surface area contributed by atoms with Crippen molar-refractivity contribution in [1.82, 2.24) is 14.9 Å². The van der Waals surface area contributed by atoms with Crippen molar-refractivity contribution in [3.05, 3.63) is 118 Å². The van der Waals surface area contributed by atoms with Gasteiger partial charge in [0.05, 0.1) is 4.92 Å². The number of anilines is 2. The van der Waals surface area contributed by atoms with Gasteiger partial charge in [-0.15, -0.1) is 0 Å². The maximum absolute atomic E-state index is 13.1. The molecule has 0 fully saturated rings. The average molecular weight is 427 g/mol. The number of aromatic nitrogens is 2. The van der Waals surface area contributed by atoms with E-state index in [1.165, 1.54) is 6.07 Å². The van der Waals surface area contributed by atoms with Crippen LogP contribution in [0.2, 0.25) is 0 Å². The Balaban J connectivity index is 1.63. The van der Waals surface area contributed by atoms with E-state index in [0.717, 1.165) is 5.56 Å². The molecule has 8 heteroatoms. The van der Waals surface area contributed by atoms with Crippen molar-refractivity contribution in [1.29, 1.82) is 0 Å². The molecule has 1 aromatic heterocycles. The predicted molar refractivity (Wildman–Crippen MR) is 122 cm³/mol. The van der Waals surface area contributed by atoms with Gasteiger partial charge >= 0.3 is 0 Å². The van der Waals surface area contributed by atoms with Crippen molar-refractivity contribution < 1.29 is 9.72 Å². The number of para-hydroxylation sites is 1. The van der Waals surface area contributed by atoms with Crippen LogP contribution in [0.15, 0.2) is 91.3 Å². The number of carbonyl (C=O) groups is 1. The number of nitro groups is 1. The molecule has 0 spiro atoms. The number of nitrogens with zero attached hydrogens (tertiary/aromatic N) is 3. The molecule has 1 amide bonds. The molecule has 0 aliphatic heterocycles. The first kappa shape index (κ1) is 20.8. The monoisotopic (exact) mass is 427 g/mol. The SMILES string of the molecule is Cn1ccnc1[C@H](NC(=O)c1ccc(Nc2ccccc2)c([N+](=O)[O-])c1)c1ccccc1. The first-order valence-corrected chi connectivity index (χ1v) is 9.96. The van der Waals surface area contributed by atoms with Gasteiger partial charge in [-0.1, -0.05) is 48.5 Å². The summed E-state index contributed by atoms with van der Waals surface area (Å²) in [4.78, 5) is 28.6. The molecule has 1 heterocycles. The molecule has 1 atom stereocenters. The van der Waals surface area contributed by atoms with Crippen LogP contribution in [0.1, 0.15) is 27.8 Å². The summed E-state index contributed by atoms with van der Waals surface area (Å²) >= 11 is 0. The smallest absolute Gasteiger partial charge is 0.293 e.